The van der Waals surface area contributed by atoms with Gasteiger partial charge in [-0.05, 0) is 37.4 Å². The molecule has 1 saturated heterocycles. The molecular formula is C23H25N3O5S. The summed E-state index contributed by atoms with van der Waals surface area (Å²) in [5.74, 6) is 1.84. The molecule has 0 unspecified atom stereocenters. The zero-order chi connectivity index (χ0) is 22.3. The largest absolute Gasteiger partial charge is 0.497 e. The molecule has 9 heteroatoms. The van der Waals surface area contributed by atoms with Gasteiger partial charge in [0.1, 0.15) is 23.9 Å². The van der Waals surface area contributed by atoms with Gasteiger partial charge in [0.15, 0.2) is 11.5 Å². The third-order valence-corrected chi connectivity index (χ3v) is 7.72. The van der Waals surface area contributed by atoms with E-state index in [1.54, 1.807) is 31.4 Å². The van der Waals surface area contributed by atoms with E-state index >= 15 is 0 Å². The van der Waals surface area contributed by atoms with E-state index in [9.17, 15) is 8.42 Å². The van der Waals surface area contributed by atoms with Crippen molar-refractivity contribution in [3.63, 3.8) is 0 Å². The fourth-order valence-electron chi connectivity index (χ4n) is 4.13. The molecular weight excluding hydrogens is 430 g/mol. The van der Waals surface area contributed by atoms with E-state index in [1.165, 1.54) is 6.20 Å². The Kier molecular flexibility index (Phi) is 5.30. The van der Waals surface area contributed by atoms with Gasteiger partial charge < -0.3 is 24.0 Å². The molecule has 0 radical (unpaired) electrons. The molecule has 8 nitrogen and oxygen atoms in total. The lowest BCUT2D eigenvalue weighted by Gasteiger charge is -2.35. The maximum Gasteiger partial charge on any atom is 0.210 e. The Morgan fingerprint density at radius 2 is 1.62 bits per heavy atom. The Hall–Kier alpha value is -3.04. The van der Waals surface area contributed by atoms with Crippen molar-refractivity contribution in [2.75, 3.05) is 58.5 Å². The summed E-state index contributed by atoms with van der Waals surface area (Å²) in [4.78, 5) is 9.27. The van der Waals surface area contributed by atoms with E-state index < -0.39 is 9.84 Å². The minimum Gasteiger partial charge on any atom is -0.497 e. The van der Waals surface area contributed by atoms with Crippen LogP contribution in [0.4, 0.5) is 5.69 Å². The predicted octanol–water partition coefficient (Wildman–Crippen LogP) is 2.60. The summed E-state index contributed by atoms with van der Waals surface area (Å²) in [6.45, 7) is 4.06. The van der Waals surface area contributed by atoms with Gasteiger partial charge in [0.25, 0.3) is 0 Å². The SMILES string of the molecule is COc1ccc(S(=O)(=O)c2cnc3cc4c(cc3c2N2CCN(C)CC2)OCCO4)cc1. The van der Waals surface area contributed by atoms with Crippen LogP contribution in [0.5, 0.6) is 17.2 Å². The molecule has 0 aliphatic carbocycles. The number of methoxy groups -OCH3 is 1. The van der Waals surface area contributed by atoms with Gasteiger partial charge in [-0.25, -0.2) is 8.42 Å². The van der Waals surface area contributed by atoms with Gasteiger partial charge in [-0.2, -0.15) is 0 Å². The summed E-state index contributed by atoms with van der Waals surface area (Å²) in [6, 6.07) is 10.1. The molecule has 0 spiro atoms. The monoisotopic (exact) mass is 455 g/mol. The average molecular weight is 456 g/mol. The first-order valence-electron chi connectivity index (χ1n) is 10.5. The van der Waals surface area contributed by atoms with Crippen molar-refractivity contribution >= 4 is 26.4 Å². The number of benzene rings is 2. The molecule has 2 aromatic carbocycles. The van der Waals surface area contributed by atoms with Gasteiger partial charge in [-0.1, -0.05) is 0 Å². The number of pyridine rings is 1. The van der Waals surface area contributed by atoms with Crippen LogP contribution in [-0.2, 0) is 9.84 Å². The number of sulfone groups is 1. The second kappa shape index (κ2) is 8.14. The molecule has 0 saturated carbocycles. The Morgan fingerprint density at radius 1 is 0.969 bits per heavy atom. The van der Waals surface area contributed by atoms with Crippen LogP contribution in [0.1, 0.15) is 0 Å². The van der Waals surface area contributed by atoms with Crippen molar-refractivity contribution in [3.8, 4) is 17.2 Å². The number of hydrogen-bond acceptors (Lipinski definition) is 8. The van der Waals surface area contributed by atoms with Gasteiger partial charge in [-0.3, -0.25) is 4.98 Å². The summed E-state index contributed by atoms with van der Waals surface area (Å²) >= 11 is 0. The van der Waals surface area contributed by atoms with Gasteiger partial charge in [0.05, 0.1) is 23.2 Å². The lowest BCUT2D eigenvalue weighted by Crippen LogP contribution is -2.45. The third kappa shape index (κ3) is 3.61. The summed E-state index contributed by atoms with van der Waals surface area (Å²) in [7, 11) is -0.197. The van der Waals surface area contributed by atoms with E-state index in [1.807, 2.05) is 12.1 Å². The van der Waals surface area contributed by atoms with Crippen molar-refractivity contribution in [3.05, 3.63) is 42.6 Å². The van der Waals surface area contributed by atoms with E-state index in [0.29, 0.717) is 41.7 Å². The Bertz CT molecular complexity index is 1250. The molecule has 1 aromatic heterocycles. The van der Waals surface area contributed by atoms with Crippen molar-refractivity contribution in [1.82, 2.24) is 9.88 Å². The average Bonchev–Trinajstić information content (AvgIpc) is 2.82. The number of rotatable bonds is 4. The molecule has 1 fully saturated rings. The summed E-state index contributed by atoms with van der Waals surface area (Å²) in [5.41, 5.74) is 1.34. The zero-order valence-electron chi connectivity index (χ0n) is 18.1. The highest BCUT2D eigenvalue weighted by Crippen LogP contribution is 2.41. The van der Waals surface area contributed by atoms with Crippen LogP contribution < -0.4 is 19.1 Å². The third-order valence-electron chi connectivity index (χ3n) is 5.95. The topological polar surface area (TPSA) is 81.2 Å². The number of fused-ring (bicyclic) bond motifs is 2. The normalized spacial score (nSPS) is 16.9. The molecule has 5 rings (SSSR count). The van der Waals surface area contributed by atoms with Crippen LogP contribution in [-0.4, -0.2) is 71.9 Å². The van der Waals surface area contributed by atoms with Crippen molar-refractivity contribution in [2.24, 2.45) is 0 Å². The summed E-state index contributed by atoms with van der Waals surface area (Å²) in [6.07, 6.45) is 1.46. The van der Waals surface area contributed by atoms with E-state index in [4.69, 9.17) is 14.2 Å². The number of nitrogens with zero attached hydrogens (tertiary/aromatic N) is 3. The first-order chi connectivity index (χ1) is 15.5. The van der Waals surface area contributed by atoms with Crippen molar-refractivity contribution in [2.45, 2.75) is 9.79 Å². The number of hydrogen-bond donors (Lipinski definition) is 0. The highest BCUT2D eigenvalue weighted by Gasteiger charge is 2.29. The molecule has 0 amide bonds. The number of aromatic nitrogens is 1. The molecule has 2 aliphatic rings. The predicted molar refractivity (Wildman–Crippen MR) is 121 cm³/mol. The molecule has 0 bridgehead atoms. The first kappa shape index (κ1) is 20.8. The van der Waals surface area contributed by atoms with E-state index in [2.05, 4.69) is 21.8 Å². The smallest absolute Gasteiger partial charge is 0.210 e. The van der Waals surface area contributed by atoms with Crippen molar-refractivity contribution in [1.29, 1.82) is 0 Å². The minimum atomic E-state index is -3.82. The molecule has 168 valence electrons. The maximum atomic E-state index is 13.7. The van der Waals surface area contributed by atoms with Crippen LogP contribution in [0, 0.1) is 0 Å². The number of anilines is 1. The van der Waals surface area contributed by atoms with Gasteiger partial charge in [0, 0.05) is 43.8 Å². The standard InChI is InChI=1S/C23H25N3O5S/c1-25-7-9-26(10-8-25)23-18-13-20-21(31-12-11-30-20)14-19(18)24-15-22(23)32(27,28)17-5-3-16(29-2)4-6-17/h3-6,13-15H,7-12H2,1-2H3. The first-order valence-corrected chi connectivity index (χ1v) is 12.0. The quantitative estimate of drug-likeness (QED) is 0.594. The highest BCUT2D eigenvalue weighted by atomic mass is 32.2. The minimum absolute atomic E-state index is 0.191. The van der Waals surface area contributed by atoms with Gasteiger partial charge >= 0.3 is 0 Å². The Morgan fingerprint density at radius 3 is 2.28 bits per heavy atom. The number of piperazine rings is 1. The fraction of sp³-hybridized carbons (Fsp3) is 0.348. The second-order valence-electron chi connectivity index (χ2n) is 7.95. The van der Waals surface area contributed by atoms with Crippen LogP contribution in [0.25, 0.3) is 10.9 Å². The second-order valence-corrected chi connectivity index (χ2v) is 9.87. The lowest BCUT2D eigenvalue weighted by molar-refractivity contribution is 0.172. The zero-order valence-corrected chi connectivity index (χ0v) is 18.9. The summed E-state index contributed by atoms with van der Waals surface area (Å²) < 4.78 is 44.1. The van der Waals surface area contributed by atoms with Crippen LogP contribution in [0.3, 0.4) is 0 Å². The molecule has 0 N–H and O–H groups in total. The fourth-order valence-corrected chi connectivity index (χ4v) is 5.56. The lowest BCUT2D eigenvalue weighted by atomic mass is 10.1. The Labute approximate surface area is 187 Å². The van der Waals surface area contributed by atoms with E-state index in [-0.39, 0.29) is 9.79 Å². The van der Waals surface area contributed by atoms with Crippen LogP contribution in [0.15, 0.2) is 52.4 Å². The molecule has 3 aromatic rings. The molecule has 32 heavy (non-hydrogen) atoms. The number of ether oxygens (including phenoxy) is 3. The molecule has 3 heterocycles. The highest BCUT2D eigenvalue weighted by molar-refractivity contribution is 7.91. The Balaban J connectivity index is 1.71. The molecule has 2 aliphatic heterocycles. The van der Waals surface area contributed by atoms with Gasteiger partial charge in [0.2, 0.25) is 9.84 Å². The van der Waals surface area contributed by atoms with Crippen LogP contribution in [0.2, 0.25) is 0 Å². The molecule has 0 atom stereocenters. The number of likely N-dealkylation sites (N-methyl/N-ethyl adjacent to an activating group) is 1. The van der Waals surface area contributed by atoms with Gasteiger partial charge in [-0.15, -0.1) is 0 Å². The van der Waals surface area contributed by atoms with E-state index in [0.717, 1.165) is 31.6 Å². The maximum absolute atomic E-state index is 13.7. The summed E-state index contributed by atoms with van der Waals surface area (Å²) in [5, 5.41) is 0.744. The van der Waals surface area contributed by atoms with Crippen molar-refractivity contribution < 1.29 is 22.6 Å². The van der Waals surface area contributed by atoms with Crippen LogP contribution >= 0.6 is 0 Å².